The number of carbonyl (C=O) groups excluding carboxylic acids is 2. The summed E-state index contributed by atoms with van der Waals surface area (Å²) in [5, 5.41) is 2.92. The molecule has 0 aliphatic heterocycles. The minimum Gasteiger partial charge on any atom is -0.452 e. The van der Waals surface area contributed by atoms with Gasteiger partial charge in [0.25, 0.3) is 5.91 Å². The molecule has 1 atom stereocenters. The van der Waals surface area contributed by atoms with Crippen LogP contribution in [0.15, 0.2) is 47.4 Å². The lowest BCUT2D eigenvalue weighted by Gasteiger charge is -2.26. The van der Waals surface area contributed by atoms with Gasteiger partial charge in [0.05, 0.1) is 21.5 Å². The van der Waals surface area contributed by atoms with Gasteiger partial charge in [-0.2, -0.15) is 0 Å². The number of esters is 1. The highest BCUT2D eigenvalue weighted by molar-refractivity contribution is 7.89. The molecule has 2 aromatic carbocycles. The third-order valence-electron chi connectivity index (χ3n) is 4.78. The van der Waals surface area contributed by atoms with E-state index in [9.17, 15) is 18.0 Å². The van der Waals surface area contributed by atoms with Gasteiger partial charge in [0.2, 0.25) is 10.0 Å². The van der Waals surface area contributed by atoms with Crippen molar-refractivity contribution in [2.75, 3.05) is 13.7 Å². The van der Waals surface area contributed by atoms with Gasteiger partial charge in [0.1, 0.15) is 0 Å². The van der Waals surface area contributed by atoms with E-state index < -0.39 is 28.5 Å². The van der Waals surface area contributed by atoms with Crippen molar-refractivity contribution < 1.29 is 22.7 Å². The molecular weight excluding hydrogens is 416 g/mol. The van der Waals surface area contributed by atoms with E-state index in [2.05, 4.69) is 10.0 Å². The molecule has 1 aliphatic carbocycles. The van der Waals surface area contributed by atoms with E-state index in [1.54, 1.807) is 0 Å². The number of nitrogens with one attached hydrogen (secondary N) is 2. The molecule has 1 aliphatic rings. The van der Waals surface area contributed by atoms with Gasteiger partial charge in [-0.1, -0.05) is 35.9 Å². The summed E-state index contributed by atoms with van der Waals surface area (Å²) in [7, 11) is -2.49. The first-order valence-electron chi connectivity index (χ1n) is 9.09. The maximum Gasteiger partial charge on any atom is 0.340 e. The number of hydrogen-bond donors (Lipinski definition) is 2. The third-order valence-corrected chi connectivity index (χ3v) is 6.52. The van der Waals surface area contributed by atoms with Crippen LogP contribution in [0.3, 0.4) is 0 Å². The van der Waals surface area contributed by atoms with E-state index in [1.807, 2.05) is 24.3 Å². The number of aryl methyl sites for hydroxylation is 1. The number of fused-ring (bicyclic) bond motifs is 1. The summed E-state index contributed by atoms with van der Waals surface area (Å²) in [6.07, 6.45) is 2.75. The summed E-state index contributed by atoms with van der Waals surface area (Å²) < 4.78 is 31.0. The smallest absolute Gasteiger partial charge is 0.340 e. The Bertz CT molecular complexity index is 1040. The molecule has 3 rings (SSSR count). The van der Waals surface area contributed by atoms with Crippen LogP contribution in [-0.2, 0) is 26.0 Å². The quantitative estimate of drug-likeness (QED) is 0.678. The number of benzene rings is 2. The molecule has 0 heterocycles. The Morgan fingerprint density at radius 3 is 2.72 bits per heavy atom. The zero-order valence-corrected chi connectivity index (χ0v) is 17.3. The third kappa shape index (κ3) is 4.95. The summed E-state index contributed by atoms with van der Waals surface area (Å²) in [6, 6.07) is 11.5. The molecule has 0 fully saturated rings. The second-order valence-corrected chi connectivity index (χ2v) is 8.93. The van der Waals surface area contributed by atoms with Crippen LogP contribution in [0.4, 0.5) is 0 Å². The SMILES string of the molecule is CNS(=O)(=O)c1ccc(Cl)c(C(=O)OCC(=O)NC2CCCc3ccccc32)c1. The fourth-order valence-corrected chi connectivity index (χ4v) is 4.25. The number of carbonyl (C=O) groups is 2. The predicted molar refractivity (Wildman–Crippen MR) is 108 cm³/mol. The first-order valence-corrected chi connectivity index (χ1v) is 11.0. The number of halogens is 1. The van der Waals surface area contributed by atoms with Gasteiger partial charge < -0.3 is 10.1 Å². The molecular formula is C20H21ClN2O5S. The fourth-order valence-electron chi connectivity index (χ4n) is 3.29. The molecule has 0 bridgehead atoms. The number of ether oxygens (including phenoxy) is 1. The van der Waals surface area contributed by atoms with Crippen molar-refractivity contribution in [1.82, 2.24) is 10.0 Å². The van der Waals surface area contributed by atoms with Crippen molar-refractivity contribution >= 4 is 33.5 Å². The monoisotopic (exact) mass is 436 g/mol. The normalized spacial score (nSPS) is 16.0. The summed E-state index contributed by atoms with van der Waals surface area (Å²) >= 11 is 5.99. The zero-order valence-electron chi connectivity index (χ0n) is 15.8. The average molecular weight is 437 g/mol. The summed E-state index contributed by atoms with van der Waals surface area (Å²) in [4.78, 5) is 24.5. The van der Waals surface area contributed by atoms with E-state index in [4.69, 9.17) is 16.3 Å². The predicted octanol–water partition coefficient (Wildman–Crippen LogP) is 2.60. The lowest BCUT2D eigenvalue weighted by molar-refractivity contribution is -0.125. The van der Waals surface area contributed by atoms with Gasteiger partial charge >= 0.3 is 5.97 Å². The molecule has 29 heavy (non-hydrogen) atoms. The number of hydrogen-bond acceptors (Lipinski definition) is 5. The van der Waals surface area contributed by atoms with Gasteiger partial charge in [-0.3, -0.25) is 4.79 Å². The van der Waals surface area contributed by atoms with Crippen LogP contribution in [0.25, 0.3) is 0 Å². The van der Waals surface area contributed by atoms with Crippen molar-refractivity contribution in [3.63, 3.8) is 0 Å². The first kappa shape index (κ1) is 21.3. The Hall–Kier alpha value is -2.42. The van der Waals surface area contributed by atoms with Gasteiger partial charge in [-0.15, -0.1) is 0 Å². The van der Waals surface area contributed by atoms with Gasteiger partial charge in [0.15, 0.2) is 6.61 Å². The van der Waals surface area contributed by atoms with Crippen molar-refractivity contribution in [1.29, 1.82) is 0 Å². The molecule has 7 nitrogen and oxygen atoms in total. The standard InChI is InChI=1S/C20H21ClN2O5S/c1-22-29(26,27)14-9-10-17(21)16(11-14)20(25)28-12-19(24)23-18-8-4-6-13-5-2-3-7-15(13)18/h2-3,5,7,9-11,18,22H,4,6,8,12H2,1H3,(H,23,24). The molecule has 2 N–H and O–H groups in total. The van der Waals surface area contributed by atoms with Crippen molar-refractivity contribution in [3.8, 4) is 0 Å². The topological polar surface area (TPSA) is 102 Å². The Balaban J connectivity index is 1.64. The molecule has 2 aromatic rings. The molecule has 0 saturated carbocycles. The Morgan fingerprint density at radius 2 is 1.97 bits per heavy atom. The van der Waals surface area contributed by atoms with E-state index in [-0.39, 0.29) is 21.5 Å². The van der Waals surface area contributed by atoms with Crippen LogP contribution in [0.2, 0.25) is 5.02 Å². The molecule has 1 unspecified atom stereocenters. The first-order chi connectivity index (χ1) is 13.8. The van der Waals surface area contributed by atoms with Gasteiger partial charge in [-0.05, 0) is 55.6 Å². The van der Waals surface area contributed by atoms with Crippen LogP contribution in [0, 0.1) is 0 Å². The number of sulfonamides is 1. The second-order valence-electron chi connectivity index (χ2n) is 6.64. The molecule has 0 spiro atoms. The maximum absolute atomic E-state index is 12.3. The molecule has 0 saturated heterocycles. The van der Waals surface area contributed by atoms with Gasteiger partial charge in [0, 0.05) is 0 Å². The van der Waals surface area contributed by atoms with Crippen LogP contribution in [0.1, 0.15) is 40.4 Å². The molecule has 154 valence electrons. The van der Waals surface area contributed by atoms with Crippen molar-refractivity contribution in [2.45, 2.75) is 30.2 Å². The highest BCUT2D eigenvalue weighted by Crippen LogP contribution is 2.29. The van der Waals surface area contributed by atoms with E-state index in [1.165, 1.54) is 24.7 Å². The minimum absolute atomic E-state index is 0.0340. The van der Waals surface area contributed by atoms with Crippen molar-refractivity contribution in [2.24, 2.45) is 0 Å². The Labute approximate surface area is 174 Å². The Morgan fingerprint density at radius 1 is 1.21 bits per heavy atom. The van der Waals surface area contributed by atoms with Crippen LogP contribution in [0.5, 0.6) is 0 Å². The summed E-state index contributed by atoms with van der Waals surface area (Å²) in [5.41, 5.74) is 2.15. The largest absolute Gasteiger partial charge is 0.452 e. The maximum atomic E-state index is 12.3. The summed E-state index contributed by atoms with van der Waals surface area (Å²) in [6.45, 7) is -0.489. The van der Waals surface area contributed by atoms with Crippen LogP contribution in [-0.4, -0.2) is 33.9 Å². The second kappa shape index (κ2) is 8.94. The lowest BCUT2D eigenvalue weighted by atomic mass is 9.88. The molecule has 9 heteroatoms. The lowest BCUT2D eigenvalue weighted by Crippen LogP contribution is -2.34. The molecule has 0 aromatic heterocycles. The number of rotatable bonds is 6. The zero-order chi connectivity index (χ0) is 21.0. The minimum atomic E-state index is -3.75. The van der Waals surface area contributed by atoms with Crippen molar-refractivity contribution in [3.05, 3.63) is 64.2 Å². The van der Waals surface area contributed by atoms with E-state index >= 15 is 0 Å². The van der Waals surface area contributed by atoms with Gasteiger partial charge in [-0.25, -0.2) is 17.9 Å². The fraction of sp³-hybridized carbons (Fsp3) is 0.300. The van der Waals surface area contributed by atoms with Crippen LogP contribution < -0.4 is 10.0 Å². The highest BCUT2D eigenvalue weighted by atomic mass is 35.5. The molecule has 0 radical (unpaired) electrons. The summed E-state index contributed by atoms with van der Waals surface area (Å²) in [5.74, 6) is -1.31. The molecule has 1 amide bonds. The van der Waals surface area contributed by atoms with E-state index in [0.29, 0.717) is 0 Å². The van der Waals surface area contributed by atoms with Crippen LogP contribution >= 0.6 is 11.6 Å². The Kier molecular flexibility index (Phi) is 6.56. The highest BCUT2D eigenvalue weighted by Gasteiger charge is 2.23. The number of amides is 1. The van der Waals surface area contributed by atoms with E-state index in [0.717, 1.165) is 30.9 Å². The average Bonchev–Trinajstić information content (AvgIpc) is 2.72.